The minimum atomic E-state index is -0.680. The Morgan fingerprint density at radius 1 is 1.35 bits per heavy atom. The fourth-order valence-corrected chi connectivity index (χ4v) is 2.91. The van der Waals surface area contributed by atoms with E-state index in [1.54, 1.807) is 6.92 Å². The lowest BCUT2D eigenvalue weighted by Gasteiger charge is -2.35. The van der Waals surface area contributed by atoms with Gasteiger partial charge in [0.15, 0.2) is 6.10 Å². The summed E-state index contributed by atoms with van der Waals surface area (Å²) in [6.45, 7) is 8.00. The number of carbonyl (C=O) groups excluding carboxylic acids is 1. The largest absolute Gasteiger partial charge is 0.479 e. The number of halogens is 2. The lowest BCUT2D eigenvalue weighted by molar-refractivity contribution is -0.128. The number of ether oxygens (including phenoxy) is 1. The van der Waals surface area contributed by atoms with E-state index in [4.69, 9.17) is 16.3 Å². The van der Waals surface area contributed by atoms with Crippen LogP contribution < -0.4 is 10.1 Å². The predicted octanol–water partition coefficient (Wildman–Crippen LogP) is 3.24. The van der Waals surface area contributed by atoms with E-state index >= 15 is 0 Å². The van der Waals surface area contributed by atoms with Gasteiger partial charge in [-0.3, -0.25) is 4.79 Å². The van der Waals surface area contributed by atoms with Crippen LogP contribution in [0, 0.1) is 5.82 Å². The van der Waals surface area contributed by atoms with Gasteiger partial charge in [-0.15, -0.1) is 0 Å². The fourth-order valence-electron chi connectivity index (χ4n) is 2.69. The Labute approximate surface area is 141 Å². The first-order valence-electron chi connectivity index (χ1n) is 8.03. The highest BCUT2D eigenvalue weighted by molar-refractivity contribution is 6.32. The molecule has 0 saturated carbocycles. The molecule has 1 aromatic rings. The Kier molecular flexibility index (Phi) is 6.25. The maximum absolute atomic E-state index is 13.0. The van der Waals surface area contributed by atoms with E-state index in [0.717, 1.165) is 25.9 Å². The number of benzene rings is 1. The van der Waals surface area contributed by atoms with Crippen molar-refractivity contribution in [2.75, 3.05) is 13.1 Å². The highest BCUT2D eigenvalue weighted by Gasteiger charge is 2.24. The quantitative estimate of drug-likeness (QED) is 0.893. The molecule has 1 N–H and O–H groups in total. The third-order valence-corrected chi connectivity index (χ3v) is 4.47. The van der Waals surface area contributed by atoms with Crippen LogP contribution in [0.5, 0.6) is 5.75 Å². The molecule has 1 aliphatic heterocycles. The van der Waals surface area contributed by atoms with E-state index in [2.05, 4.69) is 24.1 Å². The molecule has 1 fully saturated rings. The van der Waals surface area contributed by atoms with Crippen molar-refractivity contribution in [3.8, 4) is 5.75 Å². The summed E-state index contributed by atoms with van der Waals surface area (Å²) in [4.78, 5) is 14.6. The smallest absolute Gasteiger partial charge is 0.260 e. The van der Waals surface area contributed by atoms with Crippen LogP contribution in [0.25, 0.3) is 0 Å². The van der Waals surface area contributed by atoms with E-state index in [0.29, 0.717) is 11.8 Å². The Balaban J connectivity index is 1.83. The molecule has 0 bridgehead atoms. The fraction of sp³-hybridized carbons (Fsp3) is 0.588. The summed E-state index contributed by atoms with van der Waals surface area (Å²) in [6, 6.07) is 4.57. The minimum absolute atomic E-state index is 0.162. The Hall–Kier alpha value is -1.33. The molecule has 1 aromatic carbocycles. The summed E-state index contributed by atoms with van der Waals surface area (Å²) in [7, 11) is 0. The molecule has 0 spiro atoms. The van der Waals surface area contributed by atoms with Crippen molar-refractivity contribution in [3.05, 3.63) is 29.0 Å². The van der Waals surface area contributed by atoms with E-state index in [1.807, 2.05) is 0 Å². The summed E-state index contributed by atoms with van der Waals surface area (Å²) in [5.74, 6) is -0.296. The SMILES string of the molecule is CC(C)N1CCC(NC(=O)[C@@H](C)Oc2ccc(F)cc2Cl)CC1. The molecule has 1 saturated heterocycles. The maximum atomic E-state index is 13.0. The van der Waals surface area contributed by atoms with Crippen LogP contribution >= 0.6 is 11.6 Å². The number of nitrogens with one attached hydrogen (secondary N) is 1. The topological polar surface area (TPSA) is 41.6 Å². The first-order chi connectivity index (χ1) is 10.9. The average molecular weight is 343 g/mol. The maximum Gasteiger partial charge on any atom is 0.260 e. The second-order valence-corrected chi connectivity index (χ2v) is 6.65. The summed E-state index contributed by atoms with van der Waals surface area (Å²) in [5, 5.41) is 3.18. The van der Waals surface area contributed by atoms with Crippen molar-refractivity contribution in [1.29, 1.82) is 0 Å². The van der Waals surface area contributed by atoms with Gasteiger partial charge in [-0.1, -0.05) is 11.6 Å². The van der Waals surface area contributed by atoms with Crippen LogP contribution in [0.3, 0.4) is 0 Å². The molecular weight excluding hydrogens is 319 g/mol. The number of piperidine rings is 1. The van der Waals surface area contributed by atoms with Crippen LogP contribution in [0.4, 0.5) is 4.39 Å². The van der Waals surface area contributed by atoms with Gasteiger partial charge in [-0.05, 0) is 51.8 Å². The third-order valence-electron chi connectivity index (χ3n) is 4.17. The number of carbonyl (C=O) groups is 1. The van der Waals surface area contributed by atoms with E-state index in [1.165, 1.54) is 18.2 Å². The Morgan fingerprint density at radius 2 is 2.00 bits per heavy atom. The molecule has 6 heteroatoms. The van der Waals surface area contributed by atoms with Crippen LogP contribution in [0.15, 0.2) is 18.2 Å². The van der Waals surface area contributed by atoms with Crippen LogP contribution in [0.1, 0.15) is 33.6 Å². The molecule has 0 aliphatic carbocycles. The van der Waals surface area contributed by atoms with E-state index < -0.39 is 11.9 Å². The van der Waals surface area contributed by atoms with Crippen molar-refractivity contribution < 1.29 is 13.9 Å². The predicted molar refractivity (Wildman–Crippen MR) is 89.4 cm³/mol. The summed E-state index contributed by atoms with van der Waals surface area (Å²) in [6.07, 6.45) is 1.20. The van der Waals surface area contributed by atoms with E-state index in [9.17, 15) is 9.18 Å². The molecule has 0 unspecified atom stereocenters. The zero-order chi connectivity index (χ0) is 17.0. The Bertz CT molecular complexity index is 545. The van der Waals surface area contributed by atoms with Gasteiger partial charge in [0, 0.05) is 25.2 Å². The molecule has 4 nitrogen and oxygen atoms in total. The van der Waals surface area contributed by atoms with Crippen LogP contribution in [-0.4, -0.2) is 42.1 Å². The van der Waals surface area contributed by atoms with Gasteiger partial charge in [0.25, 0.3) is 5.91 Å². The van der Waals surface area contributed by atoms with Crippen molar-refractivity contribution in [3.63, 3.8) is 0 Å². The lowest BCUT2D eigenvalue weighted by atomic mass is 10.0. The van der Waals surface area contributed by atoms with Gasteiger partial charge >= 0.3 is 0 Å². The molecule has 1 atom stereocenters. The minimum Gasteiger partial charge on any atom is -0.479 e. The molecule has 2 rings (SSSR count). The second-order valence-electron chi connectivity index (χ2n) is 6.25. The summed E-state index contributed by atoms with van der Waals surface area (Å²) < 4.78 is 18.6. The van der Waals surface area contributed by atoms with Crippen molar-refractivity contribution in [2.45, 2.75) is 51.8 Å². The third kappa shape index (κ3) is 5.08. The molecule has 1 heterocycles. The van der Waals surface area contributed by atoms with Crippen LogP contribution in [0.2, 0.25) is 5.02 Å². The van der Waals surface area contributed by atoms with Gasteiger partial charge in [0.2, 0.25) is 0 Å². The molecule has 1 aliphatic rings. The number of amides is 1. The monoisotopic (exact) mass is 342 g/mol. The molecule has 128 valence electrons. The molecule has 1 amide bonds. The van der Waals surface area contributed by atoms with Gasteiger partial charge in [-0.25, -0.2) is 4.39 Å². The highest BCUT2D eigenvalue weighted by atomic mass is 35.5. The summed E-state index contributed by atoms with van der Waals surface area (Å²) in [5.41, 5.74) is 0. The molecule has 0 radical (unpaired) electrons. The average Bonchev–Trinajstić information content (AvgIpc) is 2.50. The first kappa shape index (κ1) is 18.0. The number of hydrogen-bond donors (Lipinski definition) is 1. The van der Waals surface area contributed by atoms with Gasteiger partial charge in [-0.2, -0.15) is 0 Å². The number of likely N-dealkylation sites (tertiary alicyclic amines) is 1. The second kappa shape index (κ2) is 7.97. The zero-order valence-electron chi connectivity index (χ0n) is 13.8. The standard InChI is InChI=1S/C17H24ClFN2O2/c1-11(2)21-8-6-14(7-9-21)20-17(22)12(3)23-16-5-4-13(19)10-15(16)18/h4-5,10-12,14H,6-9H2,1-3H3,(H,20,22)/t12-/m1/s1. The van der Waals surface area contributed by atoms with Crippen molar-refractivity contribution >= 4 is 17.5 Å². The van der Waals surface area contributed by atoms with Crippen LogP contribution in [-0.2, 0) is 4.79 Å². The molecule has 0 aromatic heterocycles. The Morgan fingerprint density at radius 3 is 2.57 bits per heavy atom. The van der Waals surface area contributed by atoms with Gasteiger partial charge < -0.3 is 15.0 Å². The van der Waals surface area contributed by atoms with Gasteiger partial charge in [0.1, 0.15) is 11.6 Å². The zero-order valence-corrected chi connectivity index (χ0v) is 14.6. The highest BCUT2D eigenvalue weighted by Crippen LogP contribution is 2.26. The first-order valence-corrected chi connectivity index (χ1v) is 8.40. The number of hydrogen-bond acceptors (Lipinski definition) is 3. The van der Waals surface area contributed by atoms with E-state index in [-0.39, 0.29) is 17.0 Å². The molecular formula is C17H24ClFN2O2. The normalized spacial score (nSPS) is 18.0. The van der Waals surface area contributed by atoms with Gasteiger partial charge in [0.05, 0.1) is 5.02 Å². The number of nitrogens with zero attached hydrogens (tertiary/aromatic N) is 1. The summed E-state index contributed by atoms with van der Waals surface area (Å²) >= 11 is 5.91. The number of rotatable bonds is 5. The van der Waals surface area contributed by atoms with Crippen molar-refractivity contribution in [2.24, 2.45) is 0 Å². The van der Waals surface area contributed by atoms with Crippen molar-refractivity contribution in [1.82, 2.24) is 10.2 Å². The lowest BCUT2D eigenvalue weighted by Crippen LogP contribution is -2.49. The molecule has 23 heavy (non-hydrogen) atoms.